The predicted octanol–water partition coefficient (Wildman–Crippen LogP) is 1.61. The van der Waals surface area contributed by atoms with Crippen LogP contribution in [0.3, 0.4) is 0 Å². The van der Waals surface area contributed by atoms with Gasteiger partial charge >= 0.3 is 11.8 Å². The second-order valence-electron chi connectivity index (χ2n) is 10.9. The van der Waals surface area contributed by atoms with Crippen molar-refractivity contribution < 1.29 is 14.3 Å². The number of carbonyl (C=O) groups excluding carboxylic acids is 2. The molecule has 1 saturated heterocycles. The van der Waals surface area contributed by atoms with E-state index >= 15 is 0 Å². The molecule has 0 aromatic carbocycles. The molecule has 3 aromatic heterocycles. The Morgan fingerprint density at radius 3 is 2.67 bits per heavy atom. The SMILES string of the molecule is Cn1ccn([C@@H]2CCCN(c3cnc(C(N)=O)c(Nc4cc5n(n4)CCN(C(=O)OC(C)(C)C)C5)n3)C2)c1=O. The first-order chi connectivity index (χ1) is 18.5. The van der Waals surface area contributed by atoms with E-state index < -0.39 is 11.5 Å². The van der Waals surface area contributed by atoms with Gasteiger partial charge < -0.3 is 30.2 Å². The summed E-state index contributed by atoms with van der Waals surface area (Å²) in [5.41, 5.74) is 5.76. The first-order valence-electron chi connectivity index (χ1n) is 13.0. The molecule has 5 rings (SSSR count). The van der Waals surface area contributed by atoms with Crippen LogP contribution in [0.25, 0.3) is 0 Å². The van der Waals surface area contributed by atoms with Crippen LogP contribution in [0, 0.1) is 0 Å². The van der Waals surface area contributed by atoms with Crippen molar-refractivity contribution >= 4 is 29.5 Å². The fourth-order valence-corrected chi connectivity index (χ4v) is 4.88. The third-order valence-electron chi connectivity index (χ3n) is 6.78. The number of piperidine rings is 1. The van der Waals surface area contributed by atoms with Crippen molar-refractivity contribution in [1.82, 2.24) is 33.8 Å². The molecule has 14 heteroatoms. The molecule has 3 aromatic rings. The van der Waals surface area contributed by atoms with Crippen molar-refractivity contribution in [2.24, 2.45) is 12.8 Å². The van der Waals surface area contributed by atoms with Crippen LogP contribution in [0.2, 0.25) is 0 Å². The number of fused-ring (bicyclic) bond motifs is 1. The van der Waals surface area contributed by atoms with Crippen molar-refractivity contribution in [2.75, 3.05) is 29.9 Å². The molecule has 14 nitrogen and oxygen atoms in total. The van der Waals surface area contributed by atoms with Gasteiger partial charge in [-0.05, 0) is 33.6 Å². The van der Waals surface area contributed by atoms with Crippen LogP contribution in [-0.2, 0) is 24.9 Å². The third-order valence-corrected chi connectivity index (χ3v) is 6.78. The van der Waals surface area contributed by atoms with Crippen LogP contribution < -0.4 is 21.6 Å². The summed E-state index contributed by atoms with van der Waals surface area (Å²) in [6.45, 7) is 8.11. The summed E-state index contributed by atoms with van der Waals surface area (Å²) < 4.78 is 10.6. The number of carbonyl (C=O) groups is 2. The lowest BCUT2D eigenvalue weighted by Crippen LogP contribution is -2.41. The number of anilines is 3. The standard InChI is InChI=1S/C25H34N10O4/c1-25(2,3)39-24(38)33-9-11-35-17(15-33)12-18(30-35)28-22-20(21(26)36)27-13-19(29-22)32-7-5-6-16(14-32)34-10-8-31(4)23(34)37/h8,10,12-13,16H,5-7,9,11,14-15H2,1-4H3,(H2,26,36)(H,28,29,30)/t16-/m1/s1. The summed E-state index contributed by atoms with van der Waals surface area (Å²) in [6.07, 6.45) is 6.45. The van der Waals surface area contributed by atoms with Gasteiger partial charge in [0, 0.05) is 45.1 Å². The minimum atomic E-state index is -0.719. The van der Waals surface area contributed by atoms with Crippen LogP contribution in [0.4, 0.5) is 22.2 Å². The van der Waals surface area contributed by atoms with Gasteiger partial charge in [-0.1, -0.05) is 0 Å². The molecule has 0 aliphatic carbocycles. The summed E-state index contributed by atoms with van der Waals surface area (Å²) >= 11 is 0. The fraction of sp³-hybridized carbons (Fsp3) is 0.520. The maximum Gasteiger partial charge on any atom is 0.410 e. The molecule has 0 radical (unpaired) electrons. The summed E-state index contributed by atoms with van der Waals surface area (Å²) in [6, 6.07) is 1.79. The number of nitrogens with two attached hydrogens (primary N) is 1. The van der Waals surface area contributed by atoms with Crippen molar-refractivity contribution in [3.63, 3.8) is 0 Å². The van der Waals surface area contributed by atoms with Gasteiger partial charge in [-0.3, -0.25) is 14.0 Å². The minimum absolute atomic E-state index is 0.00531. The first kappa shape index (κ1) is 26.3. The summed E-state index contributed by atoms with van der Waals surface area (Å²) in [5, 5.41) is 7.68. The maximum absolute atomic E-state index is 12.5. The van der Waals surface area contributed by atoms with Crippen molar-refractivity contribution in [2.45, 2.75) is 58.3 Å². The monoisotopic (exact) mass is 538 g/mol. The number of hydrogen-bond donors (Lipinski definition) is 2. The van der Waals surface area contributed by atoms with E-state index in [1.165, 1.54) is 6.20 Å². The molecule has 2 aliphatic heterocycles. The van der Waals surface area contributed by atoms with E-state index in [2.05, 4.69) is 20.4 Å². The molecule has 0 bridgehead atoms. The third kappa shape index (κ3) is 5.59. The Hall–Kier alpha value is -4.36. The van der Waals surface area contributed by atoms with E-state index in [-0.39, 0.29) is 29.3 Å². The minimum Gasteiger partial charge on any atom is -0.444 e. The van der Waals surface area contributed by atoms with E-state index in [0.717, 1.165) is 25.1 Å². The molecule has 1 atom stereocenters. The number of imidazole rings is 1. The Kier molecular flexibility index (Phi) is 6.78. The topological polar surface area (TPSA) is 158 Å². The lowest BCUT2D eigenvalue weighted by atomic mass is 10.1. The molecule has 2 amide bonds. The summed E-state index contributed by atoms with van der Waals surface area (Å²) in [4.78, 5) is 49.8. The molecule has 2 aliphatic rings. The second kappa shape index (κ2) is 10.1. The van der Waals surface area contributed by atoms with Gasteiger partial charge in [0.05, 0.1) is 31.0 Å². The molecule has 39 heavy (non-hydrogen) atoms. The Bertz CT molecular complexity index is 1450. The second-order valence-corrected chi connectivity index (χ2v) is 10.9. The summed E-state index contributed by atoms with van der Waals surface area (Å²) in [7, 11) is 1.73. The zero-order chi connectivity index (χ0) is 27.9. The quantitative estimate of drug-likeness (QED) is 0.492. The maximum atomic E-state index is 12.5. The van der Waals surface area contributed by atoms with Crippen LogP contribution in [0.15, 0.2) is 29.5 Å². The van der Waals surface area contributed by atoms with E-state index in [4.69, 9.17) is 10.5 Å². The highest BCUT2D eigenvalue weighted by Crippen LogP contribution is 2.27. The van der Waals surface area contributed by atoms with Gasteiger partial charge in [0.2, 0.25) is 0 Å². The van der Waals surface area contributed by atoms with Crippen LogP contribution in [0.5, 0.6) is 0 Å². The lowest BCUT2D eigenvalue weighted by molar-refractivity contribution is 0.0194. The van der Waals surface area contributed by atoms with Crippen molar-refractivity contribution in [3.8, 4) is 0 Å². The van der Waals surface area contributed by atoms with E-state index in [1.807, 2.05) is 25.7 Å². The number of aryl methyl sites for hydroxylation is 1. The van der Waals surface area contributed by atoms with Gasteiger partial charge in [0.15, 0.2) is 17.3 Å². The number of nitrogens with one attached hydrogen (secondary N) is 1. The number of hydrogen-bond acceptors (Lipinski definition) is 9. The van der Waals surface area contributed by atoms with Crippen molar-refractivity contribution in [3.05, 3.63) is 46.5 Å². The molecule has 0 unspecified atom stereocenters. The highest BCUT2D eigenvalue weighted by Gasteiger charge is 2.28. The van der Waals surface area contributed by atoms with Crippen LogP contribution in [0.1, 0.15) is 55.8 Å². The molecular formula is C25H34N10O4. The molecule has 3 N–H and O–H groups in total. The number of primary amides is 1. The van der Waals surface area contributed by atoms with Gasteiger partial charge in [0.25, 0.3) is 5.91 Å². The average Bonchev–Trinajstić information content (AvgIpc) is 3.44. The highest BCUT2D eigenvalue weighted by atomic mass is 16.6. The van der Waals surface area contributed by atoms with E-state index in [0.29, 0.717) is 37.8 Å². The molecule has 0 saturated carbocycles. The Balaban J connectivity index is 1.35. The Labute approximate surface area is 225 Å². The predicted molar refractivity (Wildman–Crippen MR) is 143 cm³/mol. The zero-order valence-electron chi connectivity index (χ0n) is 22.6. The van der Waals surface area contributed by atoms with Crippen LogP contribution >= 0.6 is 0 Å². The van der Waals surface area contributed by atoms with Gasteiger partial charge in [-0.2, -0.15) is 5.10 Å². The highest BCUT2D eigenvalue weighted by molar-refractivity contribution is 5.96. The molecule has 0 spiro atoms. The number of rotatable bonds is 5. The van der Waals surface area contributed by atoms with Crippen molar-refractivity contribution in [1.29, 1.82) is 0 Å². The zero-order valence-corrected chi connectivity index (χ0v) is 22.6. The average molecular weight is 539 g/mol. The fourth-order valence-electron chi connectivity index (χ4n) is 4.88. The normalized spacial score (nSPS) is 17.6. The number of nitrogens with zero attached hydrogens (tertiary/aromatic N) is 8. The number of aromatic nitrogens is 6. The summed E-state index contributed by atoms with van der Waals surface area (Å²) in [5.74, 6) is 0.496. The van der Waals surface area contributed by atoms with Gasteiger partial charge in [-0.25, -0.2) is 19.6 Å². The molecular weight excluding hydrogens is 504 g/mol. The Morgan fingerprint density at radius 2 is 1.97 bits per heavy atom. The van der Waals surface area contributed by atoms with Gasteiger partial charge in [0.1, 0.15) is 11.4 Å². The van der Waals surface area contributed by atoms with Gasteiger partial charge in [-0.15, -0.1) is 0 Å². The Morgan fingerprint density at radius 1 is 1.18 bits per heavy atom. The molecule has 1 fully saturated rings. The van der Waals surface area contributed by atoms with E-state index in [1.54, 1.807) is 44.2 Å². The largest absolute Gasteiger partial charge is 0.444 e. The van der Waals surface area contributed by atoms with E-state index in [9.17, 15) is 14.4 Å². The molecule has 208 valence electrons. The van der Waals surface area contributed by atoms with Crippen LogP contribution in [-0.4, -0.2) is 71.0 Å². The smallest absolute Gasteiger partial charge is 0.410 e. The number of ether oxygens (including phenoxy) is 1. The molecule has 5 heterocycles. The number of amides is 2. The lowest BCUT2D eigenvalue weighted by Gasteiger charge is -2.33. The first-order valence-corrected chi connectivity index (χ1v) is 13.0.